The number of ether oxygens (including phenoxy) is 1. The molecule has 0 radical (unpaired) electrons. The highest BCUT2D eigenvalue weighted by Crippen LogP contribution is 2.25. The lowest BCUT2D eigenvalue weighted by Crippen LogP contribution is -2.50. The Labute approximate surface area is 119 Å². The maximum absolute atomic E-state index is 12.7. The molecule has 5 nitrogen and oxygen atoms in total. The van der Waals surface area contributed by atoms with Crippen LogP contribution in [-0.4, -0.2) is 56.7 Å². The number of fused-ring (bicyclic) bond motifs is 1. The normalized spacial score (nSPS) is 24.1. The summed E-state index contributed by atoms with van der Waals surface area (Å²) in [7, 11) is 2.09. The minimum absolute atomic E-state index is 0.0694. The maximum atomic E-state index is 12.7. The number of morpholine rings is 1. The van der Waals surface area contributed by atoms with Crippen LogP contribution in [0.5, 0.6) is 0 Å². The number of amides is 1. The second-order valence-corrected chi connectivity index (χ2v) is 5.42. The van der Waals surface area contributed by atoms with E-state index in [1.54, 1.807) is 0 Å². The molecule has 1 N–H and O–H groups in total. The molecule has 0 saturated carbocycles. The first kappa shape index (κ1) is 13.5. The molecule has 2 heterocycles. The Kier molecular flexibility index (Phi) is 4.00. The molecule has 1 fully saturated rings. The van der Waals surface area contributed by atoms with Gasteiger partial charge in [0.2, 0.25) is 0 Å². The highest BCUT2D eigenvalue weighted by atomic mass is 16.5. The van der Waals surface area contributed by atoms with Crippen LogP contribution < -0.4 is 10.2 Å². The lowest BCUT2D eigenvalue weighted by atomic mass is 10.1. The third kappa shape index (κ3) is 2.70. The fourth-order valence-electron chi connectivity index (χ4n) is 2.80. The Morgan fingerprint density at radius 1 is 1.35 bits per heavy atom. The molecule has 0 unspecified atom stereocenters. The molecule has 0 aromatic heterocycles. The van der Waals surface area contributed by atoms with Crippen molar-refractivity contribution in [3.63, 3.8) is 0 Å². The lowest BCUT2D eigenvalue weighted by Gasteiger charge is -2.29. The summed E-state index contributed by atoms with van der Waals surface area (Å²) in [5.41, 5.74) is 2.22. The van der Waals surface area contributed by atoms with E-state index in [1.165, 1.54) is 5.56 Å². The van der Waals surface area contributed by atoms with Crippen molar-refractivity contribution in [2.75, 3.05) is 44.7 Å². The number of likely N-dealkylation sites (N-methyl/N-ethyl adjacent to an activating group) is 1. The van der Waals surface area contributed by atoms with Crippen LogP contribution in [0.2, 0.25) is 0 Å². The molecule has 0 bridgehead atoms. The van der Waals surface area contributed by atoms with Crippen LogP contribution >= 0.6 is 0 Å². The average molecular weight is 275 g/mol. The zero-order valence-electron chi connectivity index (χ0n) is 11.8. The van der Waals surface area contributed by atoms with Gasteiger partial charge in [-0.1, -0.05) is 18.2 Å². The summed E-state index contributed by atoms with van der Waals surface area (Å²) < 4.78 is 5.61. The van der Waals surface area contributed by atoms with Crippen molar-refractivity contribution in [1.29, 1.82) is 0 Å². The van der Waals surface area contributed by atoms with E-state index < -0.39 is 0 Å². The molecule has 108 valence electrons. The molecule has 2 aliphatic rings. The van der Waals surface area contributed by atoms with Gasteiger partial charge in [0.05, 0.1) is 6.61 Å². The molecule has 0 spiro atoms. The Balaban J connectivity index is 1.86. The Hall–Kier alpha value is -1.43. The SMILES string of the molecule is CN1CCN(C(=O)[C@H]2CNCCO2)c2ccccc2C1. The topological polar surface area (TPSA) is 44.8 Å². The summed E-state index contributed by atoms with van der Waals surface area (Å²) in [6.07, 6.45) is -0.361. The number of hydrogen-bond donors (Lipinski definition) is 1. The second-order valence-electron chi connectivity index (χ2n) is 5.42. The van der Waals surface area contributed by atoms with Crippen LogP contribution in [0.15, 0.2) is 24.3 Å². The number of benzene rings is 1. The molecule has 1 aromatic rings. The number of carbonyl (C=O) groups is 1. The smallest absolute Gasteiger partial charge is 0.257 e. The van der Waals surface area contributed by atoms with E-state index in [-0.39, 0.29) is 12.0 Å². The number of para-hydroxylation sites is 1. The van der Waals surface area contributed by atoms with E-state index in [0.717, 1.165) is 25.3 Å². The maximum Gasteiger partial charge on any atom is 0.257 e. The number of hydrogen-bond acceptors (Lipinski definition) is 4. The van der Waals surface area contributed by atoms with Crippen molar-refractivity contribution in [1.82, 2.24) is 10.2 Å². The third-order valence-electron chi connectivity index (χ3n) is 3.90. The van der Waals surface area contributed by atoms with Crippen LogP contribution in [-0.2, 0) is 16.1 Å². The zero-order valence-corrected chi connectivity index (χ0v) is 11.8. The van der Waals surface area contributed by atoms with Gasteiger partial charge in [-0.3, -0.25) is 4.79 Å². The number of nitrogens with zero attached hydrogens (tertiary/aromatic N) is 2. The third-order valence-corrected chi connectivity index (χ3v) is 3.90. The average Bonchev–Trinajstić information content (AvgIpc) is 2.66. The van der Waals surface area contributed by atoms with Gasteiger partial charge in [-0.2, -0.15) is 0 Å². The van der Waals surface area contributed by atoms with Crippen LogP contribution in [0.3, 0.4) is 0 Å². The summed E-state index contributed by atoms with van der Waals surface area (Å²) in [4.78, 5) is 16.8. The van der Waals surface area contributed by atoms with Gasteiger partial charge in [0.1, 0.15) is 6.10 Å². The Bertz CT molecular complexity index is 486. The molecule has 1 amide bonds. The second kappa shape index (κ2) is 5.91. The monoisotopic (exact) mass is 275 g/mol. The van der Waals surface area contributed by atoms with Gasteiger partial charge in [0.15, 0.2) is 0 Å². The van der Waals surface area contributed by atoms with Crippen molar-refractivity contribution in [2.24, 2.45) is 0 Å². The molecule has 1 atom stereocenters. The molecule has 0 aliphatic carbocycles. The van der Waals surface area contributed by atoms with Gasteiger partial charge in [0, 0.05) is 38.4 Å². The predicted octanol–water partition coefficient (Wildman–Crippen LogP) is 0.453. The van der Waals surface area contributed by atoms with E-state index in [1.807, 2.05) is 23.1 Å². The van der Waals surface area contributed by atoms with Gasteiger partial charge in [-0.05, 0) is 18.7 Å². The van der Waals surface area contributed by atoms with Crippen molar-refractivity contribution in [3.05, 3.63) is 29.8 Å². The summed E-state index contributed by atoms with van der Waals surface area (Å²) in [6.45, 7) is 4.50. The molecular weight excluding hydrogens is 254 g/mol. The fraction of sp³-hybridized carbons (Fsp3) is 0.533. The summed E-state index contributed by atoms with van der Waals surface area (Å²) in [6, 6.07) is 8.14. The van der Waals surface area contributed by atoms with E-state index in [2.05, 4.69) is 23.3 Å². The molecule has 2 aliphatic heterocycles. The Morgan fingerprint density at radius 2 is 2.20 bits per heavy atom. The molecular formula is C15H21N3O2. The molecule has 3 rings (SSSR count). The van der Waals surface area contributed by atoms with Crippen molar-refractivity contribution in [3.8, 4) is 0 Å². The predicted molar refractivity (Wildman–Crippen MR) is 77.7 cm³/mol. The first-order valence-electron chi connectivity index (χ1n) is 7.16. The van der Waals surface area contributed by atoms with Crippen molar-refractivity contribution >= 4 is 11.6 Å². The first-order chi connectivity index (χ1) is 9.75. The number of nitrogens with one attached hydrogen (secondary N) is 1. The first-order valence-corrected chi connectivity index (χ1v) is 7.16. The highest BCUT2D eigenvalue weighted by molar-refractivity contribution is 5.97. The number of carbonyl (C=O) groups excluding carboxylic acids is 1. The van der Waals surface area contributed by atoms with Crippen LogP contribution in [0.4, 0.5) is 5.69 Å². The van der Waals surface area contributed by atoms with Crippen LogP contribution in [0.25, 0.3) is 0 Å². The van der Waals surface area contributed by atoms with E-state index in [0.29, 0.717) is 19.7 Å². The van der Waals surface area contributed by atoms with E-state index in [9.17, 15) is 4.79 Å². The quantitative estimate of drug-likeness (QED) is 0.808. The van der Waals surface area contributed by atoms with Crippen LogP contribution in [0.1, 0.15) is 5.56 Å². The molecule has 1 aromatic carbocycles. The Morgan fingerprint density at radius 3 is 3.00 bits per heavy atom. The van der Waals surface area contributed by atoms with Crippen molar-refractivity contribution in [2.45, 2.75) is 12.6 Å². The van der Waals surface area contributed by atoms with Crippen LogP contribution in [0, 0.1) is 0 Å². The van der Waals surface area contributed by atoms with Gasteiger partial charge in [-0.15, -0.1) is 0 Å². The van der Waals surface area contributed by atoms with Gasteiger partial charge >= 0.3 is 0 Å². The minimum Gasteiger partial charge on any atom is -0.366 e. The van der Waals surface area contributed by atoms with Gasteiger partial charge in [-0.25, -0.2) is 0 Å². The molecule has 1 saturated heterocycles. The number of anilines is 1. The minimum atomic E-state index is -0.361. The molecule has 20 heavy (non-hydrogen) atoms. The summed E-state index contributed by atoms with van der Waals surface area (Å²) in [5, 5.41) is 3.22. The van der Waals surface area contributed by atoms with Crippen molar-refractivity contribution < 1.29 is 9.53 Å². The van der Waals surface area contributed by atoms with E-state index in [4.69, 9.17) is 4.74 Å². The van der Waals surface area contributed by atoms with E-state index >= 15 is 0 Å². The number of rotatable bonds is 1. The fourth-order valence-corrected chi connectivity index (χ4v) is 2.80. The lowest BCUT2D eigenvalue weighted by molar-refractivity contribution is -0.131. The largest absolute Gasteiger partial charge is 0.366 e. The highest BCUT2D eigenvalue weighted by Gasteiger charge is 2.30. The van der Waals surface area contributed by atoms with Gasteiger partial charge in [0.25, 0.3) is 5.91 Å². The standard InChI is InChI=1S/C15H21N3O2/c1-17-7-8-18(13-5-3-2-4-12(13)11-17)15(19)14-10-16-6-9-20-14/h2-5,14,16H,6-11H2,1H3/t14-/m1/s1. The zero-order chi connectivity index (χ0) is 13.9. The molecule has 5 heteroatoms. The summed E-state index contributed by atoms with van der Waals surface area (Å²) >= 11 is 0. The summed E-state index contributed by atoms with van der Waals surface area (Å²) in [5.74, 6) is 0.0694. The van der Waals surface area contributed by atoms with Gasteiger partial charge < -0.3 is 19.9 Å².